The van der Waals surface area contributed by atoms with Crippen molar-refractivity contribution in [1.82, 2.24) is 0 Å². The molecule has 0 aromatic heterocycles. The first-order chi connectivity index (χ1) is 6.14. The van der Waals surface area contributed by atoms with E-state index in [0.717, 1.165) is 32.0 Å². The second kappa shape index (κ2) is 4.23. The van der Waals surface area contributed by atoms with Crippen LogP contribution in [0.2, 0.25) is 0 Å². The fourth-order valence-corrected chi connectivity index (χ4v) is 2.51. The average Bonchev–Trinajstić information content (AvgIpc) is 2.48. The Morgan fingerprint density at radius 2 is 2.38 bits per heavy atom. The van der Waals surface area contributed by atoms with Gasteiger partial charge in [-0.2, -0.15) is 0 Å². The van der Waals surface area contributed by atoms with Crippen LogP contribution < -0.4 is 0 Å². The summed E-state index contributed by atoms with van der Waals surface area (Å²) >= 11 is 0. The molecule has 1 saturated carbocycles. The largest absolute Gasteiger partial charge is 0.396 e. The molecular formula is C11H20O2. The first kappa shape index (κ1) is 10.7. The summed E-state index contributed by atoms with van der Waals surface area (Å²) in [6, 6.07) is 0. The zero-order valence-electron chi connectivity index (χ0n) is 8.62. The number of carbonyl (C=O) groups is 1. The van der Waals surface area contributed by atoms with E-state index in [2.05, 4.69) is 6.92 Å². The van der Waals surface area contributed by atoms with Crippen molar-refractivity contribution >= 4 is 6.29 Å². The van der Waals surface area contributed by atoms with Crippen LogP contribution in [0.25, 0.3) is 0 Å². The molecule has 0 heterocycles. The summed E-state index contributed by atoms with van der Waals surface area (Å²) in [6.07, 6.45) is 5.34. The zero-order chi connectivity index (χ0) is 9.90. The van der Waals surface area contributed by atoms with E-state index in [0.29, 0.717) is 5.92 Å². The smallest absolute Gasteiger partial charge is 0.126 e. The molecular weight excluding hydrogens is 164 g/mol. The SMILES string of the molecule is CC(CO)CC1(C=O)CCCC1C. The van der Waals surface area contributed by atoms with Crippen LogP contribution >= 0.6 is 0 Å². The Morgan fingerprint density at radius 1 is 1.69 bits per heavy atom. The lowest BCUT2D eigenvalue weighted by molar-refractivity contribution is -0.119. The van der Waals surface area contributed by atoms with Gasteiger partial charge in [-0.15, -0.1) is 0 Å². The van der Waals surface area contributed by atoms with Crippen molar-refractivity contribution in [3.05, 3.63) is 0 Å². The third-order valence-corrected chi connectivity index (χ3v) is 3.54. The topological polar surface area (TPSA) is 37.3 Å². The Kier molecular flexibility index (Phi) is 3.48. The monoisotopic (exact) mass is 184 g/mol. The van der Waals surface area contributed by atoms with E-state index < -0.39 is 0 Å². The lowest BCUT2D eigenvalue weighted by atomic mass is 9.74. The molecule has 1 N–H and O–H groups in total. The number of carbonyl (C=O) groups excluding carboxylic acids is 1. The molecule has 0 aliphatic heterocycles. The lowest BCUT2D eigenvalue weighted by Gasteiger charge is -2.29. The number of aliphatic hydroxyl groups excluding tert-OH is 1. The summed E-state index contributed by atoms with van der Waals surface area (Å²) in [4.78, 5) is 11.1. The molecule has 0 spiro atoms. The molecule has 3 atom stereocenters. The first-order valence-electron chi connectivity index (χ1n) is 5.22. The molecule has 0 aromatic rings. The summed E-state index contributed by atoms with van der Waals surface area (Å²) in [5.74, 6) is 0.754. The van der Waals surface area contributed by atoms with Gasteiger partial charge in [0.25, 0.3) is 0 Å². The maximum atomic E-state index is 11.1. The highest BCUT2D eigenvalue weighted by molar-refractivity contribution is 5.60. The van der Waals surface area contributed by atoms with Gasteiger partial charge in [0.1, 0.15) is 6.29 Å². The fourth-order valence-electron chi connectivity index (χ4n) is 2.51. The van der Waals surface area contributed by atoms with Gasteiger partial charge in [0.2, 0.25) is 0 Å². The van der Waals surface area contributed by atoms with Crippen molar-refractivity contribution < 1.29 is 9.90 Å². The van der Waals surface area contributed by atoms with Crippen LogP contribution in [0.4, 0.5) is 0 Å². The van der Waals surface area contributed by atoms with Crippen LogP contribution in [0.15, 0.2) is 0 Å². The predicted octanol–water partition coefficient (Wildman–Crippen LogP) is 2.01. The Hall–Kier alpha value is -0.370. The third-order valence-electron chi connectivity index (χ3n) is 3.54. The van der Waals surface area contributed by atoms with Crippen LogP contribution in [0, 0.1) is 17.3 Å². The van der Waals surface area contributed by atoms with Crippen molar-refractivity contribution in [2.75, 3.05) is 6.61 Å². The van der Waals surface area contributed by atoms with Crippen LogP contribution in [-0.4, -0.2) is 18.0 Å². The van der Waals surface area contributed by atoms with Crippen molar-refractivity contribution in [2.45, 2.75) is 39.5 Å². The van der Waals surface area contributed by atoms with Gasteiger partial charge in [-0.05, 0) is 31.1 Å². The zero-order valence-corrected chi connectivity index (χ0v) is 8.62. The third kappa shape index (κ3) is 2.11. The summed E-state index contributed by atoms with van der Waals surface area (Å²) in [6.45, 7) is 4.37. The van der Waals surface area contributed by atoms with E-state index in [1.54, 1.807) is 0 Å². The van der Waals surface area contributed by atoms with E-state index >= 15 is 0 Å². The van der Waals surface area contributed by atoms with Crippen molar-refractivity contribution in [3.8, 4) is 0 Å². The maximum Gasteiger partial charge on any atom is 0.126 e. The van der Waals surface area contributed by atoms with E-state index in [9.17, 15) is 4.79 Å². The molecule has 1 fully saturated rings. The summed E-state index contributed by atoms with van der Waals surface area (Å²) in [5, 5.41) is 8.98. The summed E-state index contributed by atoms with van der Waals surface area (Å²) < 4.78 is 0. The van der Waals surface area contributed by atoms with Gasteiger partial charge in [0, 0.05) is 12.0 Å². The Bertz CT molecular complexity index is 179. The van der Waals surface area contributed by atoms with E-state index in [1.807, 2.05) is 6.92 Å². The fraction of sp³-hybridized carbons (Fsp3) is 0.909. The predicted molar refractivity (Wildman–Crippen MR) is 52.4 cm³/mol. The van der Waals surface area contributed by atoms with Crippen molar-refractivity contribution in [3.63, 3.8) is 0 Å². The van der Waals surface area contributed by atoms with Gasteiger partial charge in [-0.1, -0.05) is 20.3 Å². The van der Waals surface area contributed by atoms with Crippen LogP contribution in [-0.2, 0) is 4.79 Å². The number of rotatable bonds is 4. The first-order valence-corrected chi connectivity index (χ1v) is 5.22. The highest BCUT2D eigenvalue weighted by Crippen LogP contribution is 2.45. The molecule has 0 bridgehead atoms. The Balaban J connectivity index is 2.63. The molecule has 13 heavy (non-hydrogen) atoms. The second-order valence-corrected chi connectivity index (χ2v) is 4.64. The standard InChI is InChI=1S/C11H20O2/c1-9(7-12)6-11(8-13)5-3-4-10(11)2/h8-10,12H,3-7H2,1-2H3. The number of aliphatic hydroxyl groups is 1. The number of hydrogen-bond acceptors (Lipinski definition) is 2. The lowest BCUT2D eigenvalue weighted by Crippen LogP contribution is -2.28. The maximum absolute atomic E-state index is 11.1. The quantitative estimate of drug-likeness (QED) is 0.679. The Morgan fingerprint density at radius 3 is 2.77 bits per heavy atom. The van der Waals surface area contributed by atoms with Crippen molar-refractivity contribution in [2.24, 2.45) is 17.3 Å². The van der Waals surface area contributed by atoms with Crippen molar-refractivity contribution in [1.29, 1.82) is 0 Å². The minimum Gasteiger partial charge on any atom is -0.396 e. The van der Waals surface area contributed by atoms with Crippen LogP contribution in [0.1, 0.15) is 39.5 Å². The molecule has 0 radical (unpaired) electrons. The molecule has 1 aliphatic carbocycles. The molecule has 0 saturated heterocycles. The van der Waals surface area contributed by atoms with Gasteiger partial charge < -0.3 is 9.90 Å². The highest BCUT2D eigenvalue weighted by Gasteiger charge is 2.40. The molecule has 2 nitrogen and oxygen atoms in total. The van der Waals surface area contributed by atoms with Gasteiger partial charge in [0.15, 0.2) is 0 Å². The molecule has 3 unspecified atom stereocenters. The molecule has 0 aromatic carbocycles. The van der Waals surface area contributed by atoms with Gasteiger partial charge in [-0.25, -0.2) is 0 Å². The second-order valence-electron chi connectivity index (χ2n) is 4.64. The number of aldehydes is 1. The average molecular weight is 184 g/mol. The van der Waals surface area contributed by atoms with E-state index in [-0.39, 0.29) is 17.9 Å². The minimum atomic E-state index is -0.123. The molecule has 1 aliphatic rings. The number of hydrogen-bond donors (Lipinski definition) is 1. The molecule has 0 amide bonds. The van der Waals surface area contributed by atoms with Crippen LogP contribution in [0.5, 0.6) is 0 Å². The molecule has 2 heteroatoms. The minimum absolute atomic E-state index is 0.123. The highest BCUT2D eigenvalue weighted by atomic mass is 16.3. The summed E-state index contributed by atoms with van der Waals surface area (Å²) in [5.41, 5.74) is -0.123. The van der Waals surface area contributed by atoms with Gasteiger partial charge >= 0.3 is 0 Å². The molecule has 76 valence electrons. The van der Waals surface area contributed by atoms with E-state index in [1.165, 1.54) is 0 Å². The van der Waals surface area contributed by atoms with Gasteiger partial charge in [0.05, 0.1) is 0 Å². The van der Waals surface area contributed by atoms with E-state index in [4.69, 9.17) is 5.11 Å². The molecule has 1 rings (SSSR count). The normalized spacial score (nSPS) is 36.1. The van der Waals surface area contributed by atoms with Crippen LogP contribution in [0.3, 0.4) is 0 Å². The van der Waals surface area contributed by atoms with Gasteiger partial charge in [-0.3, -0.25) is 0 Å². The summed E-state index contributed by atoms with van der Waals surface area (Å²) in [7, 11) is 0. The Labute approximate surface area is 80.3 Å².